The van der Waals surface area contributed by atoms with Crippen LogP contribution >= 0.6 is 0 Å². The Labute approximate surface area is 83.8 Å². The number of likely N-dealkylation sites (tertiary alicyclic amines) is 1. The van der Waals surface area contributed by atoms with E-state index in [9.17, 15) is 9.59 Å². The molecule has 0 aliphatic carbocycles. The van der Waals surface area contributed by atoms with Crippen molar-refractivity contribution in [2.24, 2.45) is 0 Å². The average molecular weight is 199 g/mol. The molecule has 0 aromatic heterocycles. The minimum Gasteiger partial charge on any atom is -0.355 e. The maximum Gasteiger partial charge on any atom is 0.317 e. The summed E-state index contributed by atoms with van der Waals surface area (Å²) in [5, 5.41) is 5.20. The number of hydrogen-bond acceptors (Lipinski definition) is 2. The quantitative estimate of drug-likeness (QED) is 0.668. The molecule has 0 aromatic rings. The molecule has 1 heterocycles. The van der Waals surface area contributed by atoms with E-state index < -0.39 is 0 Å². The highest BCUT2D eigenvalue weighted by molar-refractivity contribution is 5.83. The van der Waals surface area contributed by atoms with Gasteiger partial charge in [-0.05, 0) is 19.8 Å². The van der Waals surface area contributed by atoms with Crippen LogP contribution in [0.1, 0.15) is 19.8 Å². The minimum absolute atomic E-state index is 0.0726. The standard InChI is InChI=1S/C9H17N3O2/c1-2-10-8(13)7-11-9(14)12-5-3-4-6-12/h2-7H2,1H3,(H,10,13)(H,11,14). The maximum atomic E-state index is 11.4. The number of carbonyl (C=O) groups is 2. The molecule has 0 atom stereocenters. The topological polar surface area (TPSA) is 61.4 Å². The van der Waals surface area contributed by atoms with Gasteiger partial charge in [-0.3, -0.25) is 4.79 Å². The fourth-order valence-corrected chi connectivity index (χ4v) is 1.45. The maximum absolute atomic E-state index is 11.4. The number of nitrogens with one attached hydrogen (secondary N) is 2. The number of carbonyl (C=O) groups excluding carboxylic acids is 2. The molecule has 5 heteroatoms. The molecule has 3 amide bonds. The third-order valence-electron chi connectivity index (χ3n) is 2.17. The molecular weight excluding hydrogens is 182 g/mol. The Morgan fingerprint density at radius 1 is 1.21 bits per heavy atom. The van der Waals surface area contributed by atoms with Crippen molar-refractivity contribution in [2.45, 2.75) is 19.8 Å². The number of amides is 3. The zero-order valence-electron chi connectivity index (χ0n) is 8.51. The molecule has 0 saturated carbocycles. The molecular formula is C9H17N3O2. The first-order chi connectivity index (χ1) is 6.74. The third kappa shape index (κ3) is 3.24. The number of nitrogens with zero attached hydrogens (tertiary/aromatic N) is 1. The van der Waals surface area contributed by atoms with Gasteiger partial charge < -0.3 is 15.5 Å². The molecule has 2 N–H and O–H groups in total. The second-order valence-electron chi connectivity index (χ2n) is 3.31. The van der Waals surface area contributed by atoms with E-state index in [-0.39, 0.29) is 18.5 Å². The zero-order valence-corrected chi connectivity index (χ0v) is 8.51. The third-order valence-corrected chi connectivity index (χ3v) is 2.17. The molecule has 0 radical (unpaired) electrons. The van der Waals surface area contributed by atoms with E-state index in [0.717, 1.165) is 25.9 Å². The van der Waals surface area contributed by atoms with Crippen LogP contribution in [0.2, 0.25) is 0 Å². The molecule has 0 aromatic carbocycles. The van der Waals surface area contributed by atoms with Crippen LogP contribution in [0, 0.1) is 0 Å². The molecule has 14 heavy (non-hydrogen) atoms. The van der Waals surface area contributed by atoms with Gasteiger partial charge in [0.05, 0.1) is 6.54 Å². The van der Waals surface area contributed by atoms with Gasteiger partial charge >= 0.3 is 6.03 Å². The Morgan fingerprint density at radius 3 is 2.43 bits per heavy atom. The van der Waals surface area contributed by atoms with Crippen LogP contribution in [0.15, 0.2) is 0 Å². The van der Waals surface area contributed by atoms with Crippen LogP contribution in [-0.2, 0) is 4.79 Å². The van der Waals surface area contributed by atoms with Gasteiger partial charge in [0.1, 0.15) is 0 Å². The van der Waals surface area contributed by atoms with Gasteiger partial charge in [0.2, 0.25) is 5.91 Å². The molecule has 1 fully saturated rings. The Morgan fingerprint density at radius 2 is 1.86 bits per heavy atom. The van der Waals surface area contributed by atoms with Crippen molar-refractivity contribution in [3.8, 4) is 0 Å². The molecule has 1 rings (SSSR count). The van der Waals surface area contributed by atoms with E-state index in [4.69, 9.17) is 0 Å². The van der Waals surface area contributed by atoms with Gasteiger partial charge in [0.15, 0.2) is 0 Å². The summed E-state index contributed by atoms with van der Waals surface area (Å²) in [5.41, 5.74) is 0. The highest BCUT2D eigenvalue weighted by atomic mass is 16.2. The van der Waals surface area contributed by atoms with E-state index in [1.165, 1.54) is 0 Å². The van der Waals surface area contributed by atoms with E-state index in [2.05, 4.69) is 10.6 Å². The number of hydrogen-bond donors (Lipinski definition) is 2. The first-order valence-corrected chi connectivity index (χ1v) is 5.03. The SMILES string of the molecule is CCNC(=O)CNC(=O)N1CCCC1. The lowest BCUT2D eigenvalue weighted by atomic mass is 10.4. The molecule has 0 spiro atoms. The van der Waals surface area contributed by atoms with Crippen molar-refractivity contribution in [3.63, 3.8) is 0 Å². The van der Waals surface area contributed by atoms with Crippen LogP contribution in [0.4, 0.5) is 4.79 Å². The fraction of sp³-hybridized carbons (Fsp3) is 0.778. The first kappa shape index (κ1) is 10.8. The second-order valence-corrected chi connectivity index (χ2v) is 3.31. The summed E-state index contributed by atoms with van der Waals surface area (Å²) in [5.74, 6) is -0.139. The van der Waals surface area contributed by atoms with E-state index in [1.807, 2.05) is 6.92 Å². The molecule has 1 aliphatic rings. The van der Waals surface area contributed by atoms with E-state index in [1.54, 1.807) is 4.90 Å². The molecule has 1 saturated heterocycles. The molecule has 0 unspecified atom stereocenters. The van der Waals surface area contributed by atoms with Gasteiger partial charge in [0, 0.05) is 19.6 Å². The average Bonchev–Trinajstić information content (AvgIpc) is 2.67. The Balaban J connectivity index is 2.17. The normalized spacial score (nSPS) is 15.4. The smallest absolute Gasteiger partial charge is 0.317 e. The van der Waals surface area contributed by atoms with Crippen molar-refractivity contribution in [1.29, 1.82) is 0 Å². The Hall–Kier alpha value is -1.26. The minimum atomic E-state index is -0.139. The highest BCUT2D eigenvalue weighted by Crippen LogP contribution is 2.06. The van der Waals surface area contributed by atoms with Gasteiger partial charge in [-0.1, -0.05) is 0 Å². The van der Waals surface area contributed by atoms with Gasteiger partial charge in [-0.15, -0.1) is 0 Å². The molecule has 80 valence electrons. The summed E-state index contributed by atoms with van der Waals surface area (Å²) in [6, 6.07) is -0.131. The van der Waals surface area contributed by atoms with Crippen LogP contribution in [0.25, 0.3) is 0 Å². The van der Waals surface area contributed by atoms with Crippen molar-refractivity contribution in [2.75, 3.05) is 26.2 Å². The van der Waals surface area contributed by atoms with Crippen LogP contribution in [-0.4, -0.2) is 43.0 Å². The number of rotatable bonds is 3. The Bertz CT molecular complexity index is 212. The highest BCUT2D eigenvalue weighted by Gasteiger charge is 2.17. The summed E-state index contributed by atoms with van der Waals surface area (Å²) < 4.78 is 0. The summed E-state index contributed by atoms with van der Waals surface area (Å²) in [6.45, 7) is 4.13. The van der Waals surface area contributed by atoms with Crippen LogP contribution in [0.5, 0.6) is 0 Å². The monoisotopic (exact) mass is 199 g/mol. The summed E-state index contributed by atoms with van der Waals surface area (Å²) >= 11 is 0. The largest absolute Gasteiger partial charge is 0.355 e. The summed E-state index contributed by atoms with van der Waals surface area (Å²) in [4.78, 5) is 24.1. The first-order valence-electron chi connectivity index (χ1n) is 5.03. The van der Waals surface area contributed by atoms with E-state index >= 15 is 0 Å². The van der Waals surface area contributed by atoms with Gasteiger partial charge in [-0.2, -0.15) is 0 Å². The lowest BCUT2D eigenvalue weighted by Gasteiger charge is -2.15. The van der Waals surface area contributed by atoms with Gasteiger partial charge in [-0.25, -0.2) is 4.79 Å². The van der Waals surface area contributed by atoms with Crippen molar-refractivity contribution in [3.05, 3.63) is 0 Å². The lowest BCUT2D eigenvalue weighted by molar-refractivity contribution is -0.120. The van der Waals surface area contributed by atoms with Crippen molar-refractivity contribution >= 4 is 11.9 Å². The van der Waals surface area contributed by atoms with Gasteiger partial charge in [0.25, 0.3) is 0 Å². The fourth-order valence-electron chi connectivity index (χ4n) is 1.45. The number of likely N-dealkylation sites (N-methyl/N-ethyl adjacent to an activating group) is 1. The zero-order chi connectivity index (χ0) is 10.4. The number of urea groups is 1. The molecule has 5 nitrogen and oxygen atoms in total. The lowest BCUT2D eigenvalue weighted by Crippen LogP contribution is -2.43. The summed E-state index contributed by atoms with van der Waals surface area (Å²) in [7, 11) is 0. The predicted molar refractivity (Wildman–Crippen MR) is 52.9 cm³/mol. The van der Waals surface area contributed by atoms with E-state index in [0.29, 0.717) is 6.54 Å². The van der Waals surface area contributed by atoms with Crippen LogP contribution in [0.3, 0.4) is 0 Å². The van der Waals surface area contributed by atoms with Crippen molar-refractivity contribution in [1.82, 2.24) is 15.5 Å². The van der Waals surface area contributed by atoms with Crippen molar-refractivity contribution < 1.29 is 9.59 Å². The Kier molecular flexibility index (Phi) is 4.22. The summed E-state index contributed by atoms with van der Waals surface area (Å²) in [6.07, 6.45) is 2.13. The second kappa shape index (κ2) is 5.47. The molecule has 1 aliphatic heterocycles. The molecule has 0 bridgehead atoms. The predicted octanol–water partition coefficient (Wildman–Crippen LogP) is -0.0721. The van der Waals surface area contributed by atoms with Crippen LogP contribution < -0.4 is 10.6 Å².